The lowest BCUT2D eigenvalue weighted by Crippen LogP contribution is -2.30. The van der Waals surface area contributed by atoms with Crippen molar-refractivity contribution < 1.29 is 18.6 Å². The number of ether oxygens (including phenoxy) is 3. The van der Waals surface area contributed by atoms with Gasteiger partial charge in [0.1, 0.15) is 24.6 Å². The van der Waals surface area contributed by atoms with E-state index in [4.69, 9.17) is 14.2 Å². The molecule has 1 unspecified atom stereocenters. The summed E-state index contributed by atoms with van der Waals surface area (Å²) in [6, 6.07) is 20.6. The van der Waals surface area contributed by atoms with Gasteiger partial charge in [0.15, 0.2) is 11.5 Å². The molecule has 0 aromatic heterocycles. The molecule has 5 nitrogen and oxygen atoms in total. The van der Waals surface area contributed by atoms with Crippen LogP contribution < -0.4 is 9.47 Å². The predicted molar refractivity (Wildman–Crippen MR) is 131 cm³/mol. The fraction of sp³-hybridized carbons (Fsp3) is 0.345. The van der Waals surface area contributed by atoms with Crippen LogP contribution in [0.15, 0.2) is 60.7 Å². The Bertz CT molecular complexity index is 1240. The highest BCUT2D eigenvalue weighted by atomic mass is 19.1. The number of likely N-dealkylation sites (N-methyl/N-ethyl adjacent to an activating group) is 1. The first-order chi connectivity index (χ1) is 17.1. The molecule has 0 spiro atoms. The van der Waals surface area contributed by atoms with E-state index in [2.05, 4.69) is 24.1 Å². The molecule has 0 fully saturated rings. The summed E-state index contributed by atoms with van der Waals surface area (Å²) in [6.07, 6.45) is 2.54. The molecule has 0 radical (unpaired) electrons. The molecular weight excluding hydrogens is 443 g/mol. The van der Waals surface area contributed by atoms with E-state index in [0.29, 0.717) is 25.4 Å². The highest BCUT2D eigenvalue weighted by Crippen LogP contribution is 2.45. The van der Waals surface area contributed by atoms with Crippen LogP contribution in [0.25, 0.3) is 0 Å². The SMILES string of the molecule is CN(CCCC1(c2ccc(F)cc2)OCc2cc(C#N)ccc21)CCc1cccc2c1OCCO2. The molecule has 3 aromatic rings. The summed E-state index contributed by atoms with van der Waals surface area (Å²) in [5.74, 6) is 1.43. The van der Waals surface area contributed by atoms with Gasteiger partial charge in [-0.1, -0.05) is 30.3 Å². The third-order valence-electron chi connectivity index (χ3n) is 6.93. The van der Waals surface area contributed by atoms with Crippen molar-refractivity contribution >= 4 is 0 Å². The fourth-order valence-electron chi connectivity index (χ4n) is 5.12. The van der Waals surface area contributed by atoms with Crippen molar-refractivity contribution in [2.45, 2.75) is 31.5 Å². The lowest BCUT2D eigenvalue weighted by molar-refractivity contribution is -0.0142. The van der Waals surface area contributed by atoms with Crippen LogP contribution in [0, 0.1) is 17.1 Å². The third kappa shape index (κ3) is 4.75. The minimum atomic E-state index is -0.637. The third-order valence-corrected chi connectivity index (χ3v) is 6.93. The molecule has 0 bridgehead atoms. The van der Waals surface area contributed by atoms with E-state index in [9.17, 15) is 9.65 Å². The van der Waals surface area contributed by atoms with Gasteiger partial charge in [0, 0.05) is 6.54 Å². The maximum absolute atomic E-state index is 13.7. The van der Waals surface area contributed by atoms with Gasteiger partial charge in [0.25, 0.3) is 0 Å². The van der Waals surface area contributed by atoms with Crippen LogP contribution in [0.4, 0.5) is 4.39 Å². The van der Waals surface area contributed by atoms with E-state index in [1.165, 1.54) is 12.1 Å². The maximum Gasteiger partial charge on any atom is 0.164 e. The lowest BCUT2D eigenvalue weighted by Gasteiger charge is -2.31. The predicted octanol–water partition coefficient (Wildman–Crippen LogP) is 5.20. The molecule has 0 saturated carbocycles. The number of halogens is 1. The van der Waals surface area contributed by atoms with Gasteiger partial charge >= 0.3 is 0 Å². The van der Waals surface area contributed by atoms with E-state index in [1.54, 1.807) is 0 Å². The van der Waals surface area contributed by atoms with Gasteiger partial charge in [-0.2, -0.15) is 5.26 Å². The summed E-state index contributed by atoms with van der Waals surface area (Å²) in [5.41, 5.74) is 4.19. The summed E-state index contributed by atoms with van der Waals surface area (Å²) in [5, 5.41) is 9.29. The average Bonchev–Trinajstić information content (AvgIpc) is 3.26. The molecule has 0 amide bonds. The zero-order valence-corrected chi connectivity index (χ0v) is 19.9. The number of benzene rings is 3. The van der Waals surface area contributed by atoms with Crippen LogP contribution >= 0.6 is 0 Å². The van der Waals surface area contributed by atoms with Crippen molar-refractivity contribution in [3.8, 4) is 17.6 Å². The van der Waals surface area contributed by atoms with Crippen molar-refractivity contribution in [1.29, 1.82) is 5.26 Å². The maximum atomic E-state index is 13.7. The Morgan fingerprint density at radius 1 is 1.03 bits per heavy atom. The Kier molecular flexibility index (Phi) is 6.72. The molecular formula is C29H29FN2O3. The standard InChI is InChI=1S/C29H29FN2O3/c1-32(15-12-22-4-2-5-27-28(22)34-17-16-33-27)14-3-13-29(24-7-9-25(30)10-8-24)26-11-6-21(19-31)18-23(26)20-35-29/h2,4-11,18H,3,12-17,20H2,1H3. The molecule has 180 valence electrons. The second-order valence-electron chi connectivity index (χ2n) is 9.20. The zero-order valence-electron chi connectivity index (χ0n) is 19.9. The molecule has 35 heavy (non-hydrogen) atoms. The smallest absolute Gasteiger partial charge is 0.164 e. The highest BCUT2D eigenvalue weighted by Gasteiger charge is 2.41. The van der Waals surface area contributed by atoms with Crippen LogP contribution in [0.2, 0.25) is 0 Å². The summed E-state index contributed by atoms with van der Waals surface area (Å²) >= 11 is 0. The molecule has 0 N–H and O–H groups in total. The molecule has 2 aliphatic rings. The van der Waals surface area contributed by atoms with Crippen molar-refractivity contribution in [2.75, 3.05) is 33.4 Å². The van der Waals surface area contributed by atoms with Crippen LogP contribution in [0.5, 0.6) is 11.5 Å². The van der Waals surface area contributed by atoms with Gasteiger partial charge in [-0.15, -0.1) is 0 Å². The molecule has 0 saturated heterocycles. The normalized spacial score (nSPS) is 18.3. The topological polar surface area (TPSA) is 54.7 Å². The minimum absolute atomic E-state index is 0.265. The summed E-state index contributed by atoms with van der Waals surface area (Å²) < 4.78 is 31.7. The van der Waals surface area contributed by atoms with Crippen LogP contribution in [0.3, 0.4) is 0 Å². The van der Waals surface area contributed by atoms with Gasteiger partial charge in [-0.05, 0) is 85.4 Å². The molecule has 2 heterocycles. The second-order valence-corrected chi connectivity index (χ2v) is 9.20. The monoisotopic (exact) mass is 472 g/mol. The van der Waals surface area contributed by atoms with Gasteiger partial charge < -0.3 is 19.1 Å². The highest BCUT2D eigenvalue weighted by molar-refractivity contribution is 5.48. The molecule has 0 aliphatic carbocycles. The number of hydrogen-bond acceptors (Lipinski definition) is 5. The van der Waals surface area contributed by atoms with Crippen molar-refractivity contribution in [3.63, 3.8) is 0 Å². The van der Waals surface area contributed by atoms with Crippen LogP contribution in [-0.2, 0) is 23.4 Å². The van der Waals surface area contributed by atoms with Crippen molar-refractivity contribution in [1.82, 2.24) is 4.90 Å². The Labute approximate surface area is 205 Å². The number of nitrogens with zero attached hydrogens (tertiary/aromatic N) is 2. The Morgan fingerprint density at radius 2 is 1.86 bits per heavy atom. The summed E-state index contributed by atoms with van der Waals surface area (Å²) in [6.45, 7) is 3.41. The molecule has 6 heteroatoms. The first-order valence-corrected chi connectivity index (χ1v) is 12.1. The first kappa shape index (κ1) is 23.3. The van der Waals surface area contributed by atoms with Gasteiger partial charge in [-0.3, -0.25) is 0 Å². The Hall–Kier alpha value is -3.40. The van der Waals surface area contributed by atoms with E-state index < -0.39 is 5.60 Å². The Morgan fingerprint density at radius 3 is 2.69 bits per heavy atom. The number of para-hydroxylation sites is 1. The molecule has 1 atom stereocenters. The fourth-order valence-corrected chi connectivity index (χ4v) is 5.12. The largest absolute Gasteiger partial charge is 0.486 e. The minimum Gasteiger partial charge on any atom is -0.486 e. The van der Waals surface area contributed by atoms with E-state index in [-0.39, 0.29) is 5.82 Å². The van der Waals surface area contributed by atoms with E-state index >= 15 is 0 Å². The van der Waals surface area contributed by atoms with Crippen molar-refractivity contribution in [3.05, 3.63) is 94.3 Å². The van der Waals surface area contributed by atoms with Gasteiger partial charge in [0.05, 0.1) is 18.2 Å². The summed E-state index contributed by atoms with van der Waals surface area (Å²) in [7, 11) is 2.12. The van der Waals surface area contributed by atoms with Crippen LogP contribution in [-0.4, -0.2) is 38.3 Å². The van der Waals surface area contributed by atoms with E-state index in [0.717, 1.165) is 66.1 Å². The Balaban J connectivity index is 1.27. The summed E-state index contributed by atoms with van der Waals surface area (Å²) in [4.78, 5) is 2.32. The number of nitriles is 1. The first-order valence-electron chi connectivity index (χ1n) is 12.1. The number of hydrogen-bond donors (Lipinski definition) is 0. The molecule has 5 rings (SSSR count). The zero-order chi connectivity index (χ0) is 24.3. The van der Waals surface area contributed by atoms with Gasteiger partial charge in [0.2, 0.25) is 0 Å². The van der Waals surface area contributed by atoms with Crippen LogP contribution in [0.1, 0.15) is 40.7 Å². The number of fused-ring (bicyclic) bond motifs is 2. The van der Waals surface area contributed by atoms with Crippen molar-refractivity contribution in [2.24, 2.45) is 0 Å². The average molecular weight is 473 g/mol. The number of rotatable bonds is 8. The van der Waals surface area contributed by atoms with Gasteiger partial charge in [-0.25, -0.2) is 4.39 Å². The van der Waals surface area contributed by atoms with E-state index in [1.807, 2.05) is 42.5 Å². The second kappa shape index (κ2) is 10.1. The molecule has 2 aliphatic heterocycles. The lowest BCUT2D eigenvalue weighted by atomic mass is 9.81. The molecule has 3 aromatic carbocycles. The quantitative estimate of drug-likeness (QED) is 0.451.